The summed E-state index contributed by atoms with van der Waals surface area (Å²) in [6.45, 7) is 4.62. The van der Waals surface area contributed by atoms with Gasteiger partial charge in [-0.2, -0.15) is 0 Å². The van der Waals surface area contributed by atoms with Gasteiger partial charge in [0.2, 0.25) is 0 Å². The van der Waals surface area contributed by atoms with E-state index in [1.807, 2.05) is 0 Å². The van der Waals surface area contributed by atoms with Crippen molar-refractivity contribution in [2.24, 2.45) is 23.7 Å². The molecule has 0 saturated heterocycles. The van der Waals surface area contributed by atoms with Gasteiger partial charge >= 0.3 is 0 Å². The van der Waals surface area contributed by atoms with E-state index >= 15 is 0 Å². The van der Waals surface area contributed by atoms with Gasteiger partial charge in [-0.05, 0) is 61.0 Å². The van der Waals surface area contributed by atoms with Crippen LogP contribution >= 0.6 is 0 Å². The van der Waals surface area contributed by atoms with Gasteiger partial charge in [0.15, 0.2) is 0 Å². The molecule has 0 N–H and O–H groups in total. The number of rotatable bonds is 12. The topological polar surface area (TPSA) is 12.9 Å². The lowest BCUT2D eigenvalue weighted by Gasteiger charge is -2.32. The van der Waals surface area contributed by atoms with Crippen LogP contribution in [0.4, 0.5) is 0 Å². The molecule has 1 aromatic heterocycles. The molecule has 3 rings (SSSR count). The van der Waals surface area contributed by atoms with Crippen LogP contribution in [0.3, 0.4) is 0 Å². The highest BCUT2D eigenvalue weighted by atomic mass is 14.7. The second kappa shape index (κ2) is 13.5. The largest absolute Gasteiger partial charge is 0.261 e. The van der Waals surface area contributed by atoms with E-state index in [4.69, 9.17) is 4.98 Å². The average Bonchev–Trinajstić information content (AvgIpc) is 2.79. The molecule has 2 aliphatic rings. The first kappa shape index (κ1) is 23.8. The molecule has 170 valence electrons. The van der Waals surface area contributed by atoms with Crippen LogP contribution in [0.25, 0.3) is 0 Å². The molecule has 0 radical (unpaired) electrons. The highest BCUT2D eigenvalue weighted by Gasteiger charge is 2.24. The monoisotopic (exact) mass is 411 g/mol. The van der Waals surface area contributed by atoms with Gasteiger partial charge in [-0.3, -0.25) is 4.98 Å². The predicted octanol–water partition coefficient (Wildman–Crippen LogP) is 8.94. The molecule has 0 unspecified atom stereocenters. The summed E-state index contributed by atoms with van der Waals surface area (Å²) >= 11 is 0. The van der Waals surface area contributed by atoms with Crippen LogP contribution in [0.5, 0.6) is 0 Å². The Kier molecular flexibility index (Phi) is 10.7. The van der Waals surface area contributed by atoms with Gasteiger partial charge in [0.05, 0.1) is 0 Å². The summed E-state index contributed by atoms with van der Waals surface area (Å²) in [6.07, 6.45) is 27.8. The molecule has 30 heavy (non-hydrogen) atoms. The Morgan fingerprint density at radius 1 is 0.633 bits per heavy atom. The number of hydrogen-bond acceptors (Lipinski definition) is 1. The molecule has 0 amide bonds. The van der Waals surface area contributed by atoms with Crippen LogP contribution in [0.1, 0.15) is 128 Å². The number of nitrogens with zero attached hydrogens (tertiary/aromatic N) is 1. The van der Waals surface area contributed by atoms with Crippen LogP contribution < -0.4 is 0 Å². The zero-order chi connectivity index (χ0) is 21.0. The highest BCUT2D eigenvalue weighted by molar-refractivity contribution is 5.14. The van der Waals surface area contributed by atoms with Crippen LogP contribution in [-0.2, 0) is 12.8 Å². The minimum atomic E-state index is 0.955. The maximum atomic E-state index is 4.75. The molecule has 1 heteroatoms. The van der Waals surface area contributed by atoms with E-state index in [0.717, 1.165) is 23.7 Å². The maximum Gasteiger partial charge on any atom is 0.0403 e. The lowest BCUT2D eigenvalue weighted by Crippen LogP contribution is -2.18. The molecule has 1 aromatic rings. The molecular formula is C29H49N. The normalized spacial score (nSPS) is 27.3. The number of hydrogen-bond donors (Lipinski definition) is 0. The Bertz CT molecular complexity index is 546. The standard InChI is InChI=1S/C29H49N/c1-3-5-6-8-28-20-22-29(30-23-28)21-19-27-17-15-26(16-18-27)14-13-25-11-9-24(7-4-2)10-12-25/h20,22-27H,3-19,21H2,1-2H3. The summed E-state index contributed by atoms with van der Waals surface area (Å²) in [6, 6.07) is 4.62. The molecular weight excluding hydrogens is 362 g/mol. The van der Waals surface area contributed by atoms with Crippen molar-refractivity contribution < 1.29 is 0 Å². The Morgan fingerprint density at radius 3 is 1.70 bits per heavy atom. The van der Waals surface area contributed by atoms with Crippen molar-refractivity contribution in [3.63, 3.8) is 0 Å². The van der Waals surface area contributed by atoms with E-state index in [1.165, 1.54) is 127 Å². The highest BCUT2D eigenvalue weighted by Crippen LogP contribution is 2.38. The van der Waals surface area contributed by atoms with Gasteiger partial charge < -0.3 is 0 Å². The smallest absolute Gasteiger partial charge is 0.0403 e. The molecule has 2 fully saturated rings. The van der Waals surface area contributed by atoms with Crippen molar-refractivity contribution in [2.75, 3.05) is 0 Å². The third kappa shape index (κ3) is 8.35. The van der Waals surface area contributed by atoms with Crippen molar-refractivity contribution in [1.29, 1.82) is 0 Å². The molecule has 0 spiro atoms. The first-order valence-corrected chi connectivity index (χ1v) is 13.7. The zero-order valence-corrected chi connectivity index (χ0v) is 20.2. The Labute approximate surface area is 187 Å². The van der Waals surface area contributed by atoms with Gasteiger partial charge in [0.1, 0.15) is 0 Å². The third-order valence-corrected chi connectivity index (χ3v) is 8.38. The number of unbranched alkanes of at least 4 members (excludes halogenated alkanes) is 2. The summed E-state index contributed by atoms with van der Waals surface area (Å²) in [5.74, 6) is 4.12. The molecule has 1 nitrogen and oxygen atoms in total. The van der Waals surface area contributed by atoms with E-state index in [-0.39, 0.29) is 0 Å². The molecule has 2 aliphatic carbocycles. The van der Waals surface area contributed by atoms with Crippen molar-refractivity contribution in [2.45, 2.75) is 129 Å². The average molecular weight is 412 g/mol. The SMILES string of the molecule is CCCCCc1ccc(CCC2CCC(CCC3CCC(CCC)CC3)CC2)nc1. The zero-order valence-electron chi connectivity index (χ0n) is 20.2. The summed E-state index contributed by atoms with van der Waals surface area (Å²) < 4.78 is 0. The van der Waals surface area contributed by atoms with E-state index in [1.54, 1.807) is 0 Å². The lowest BCUT2D eigenvalue weighted by atomic mass is 9.74. The summed E-state index contributed by atoms with van der Waals surface area (Å²) in [4.78, 5) is 4.75. The van der Waals surface area contributed by atoms with Gasteiger partial charge in [-0.1, -0.05) is 110 Å². The maximum absolute atomic E-state index is 4.75. The molecule has 0 atom stereocenters. The van der Waals surface area contributed by atoms with Crippen molar-refractivity contribution in [3.8, 4) is 0 Å². The lowest BCUT2D eigenvalue weighted by molar-refractivity contribution is 0.209. The van der Waals surface area contributed by atoms with Crippen molar-refractivity contribution >= 4 is 0 Å². The van der Waals surface area contributed by atoms with Crippen molar-refractivity contribution in [1.82, 2.24) is 4.98 Å². The Morgan fingerprint density at radius 2 is 1.20 bits per heavy atom. The van der Waals surface area contributed by atoms with Crippen LogP contribution in [0, 0.1) is 23.7 Å². The molecule has 0 aromatic carbocycles. The first-order chi connectivity index (χ1) is 14.8. The van der Waals surface area contributed by atoms with Crippen LogP contribution in [0.15, 0.2) is 18.3 Å². The Balaban J connectivity index is 1.26. The van der Waals surface area contributed by atoms with Crippen molar-refractivity contribution in [3.05, 3.63) is 29.6 Å². The van der Waals surface area contributed by atoms with E-state index in [9.17, 15) is 0 Å². The number of aromatic nitrogens is 1. The van der Waals surface area contributed by atoms with Gasteiger partial charge in [-0.25, -0.2) is 0 Å². The van der Waals surface area contributed by atoms with Crippen LogP contribution in [0.2, 0.25) is 0 Å². The molecule has 0 bridgehead atoms. The fourth-order valence-corrected chi connectivity index (χ4v) is 6.18. The van der Waals surface area contributed by atoms with Gasteiger partial charge in [0, 0.05) is 11.9 Å². The Hall–Kier alpha value is -0.850. The quantitative estimate of drug-likeness (QED) is 0.313. The molecule has 0 aliphatic heterocycles. The van der Waals surface area contributed by atoms with E-state index < -0.39 is 0 Å². The molecule has 2 saturated carbocycles. The predicted molar refractivity (Wildman–Crippen MR) is 131 cm³/mol. The minimum Gasteiger partial charge on any atom is -0.261 e. The number of pyridine rings is 1. The third-order valence-electron chi connectivity index (χ3n) is 8.38. The first-order valence-electron chi connectivity index (χ1n) is 13.7. The molecule has 1 heterocycles. The fraction of sp³-hybridized carbons (Fsp3) is 0.828. The second-order valence-electron chi connectivity index (χ2n) is 10.8. The minimum absolute atomic E-state index is 0.955. The van der Waals surface area contributed by atoms with Gasteiger partial charge in [-0.15, -0.1) is 0 Å². The second-order valence-corrected chi connectivity index (χ2v) is 10.8. The number of aryl methyl sites for hydroxylation is 2. The fourth-order valence-electron chi connectivity index (χ4n) is 6.18. The van der Waals surface area contributed by atoms with E-state index in [2.05, 4.69) is 32.2 Å². The van der Waals surface area contributed by atoms with Crippen LogP contribution in [-0.4, -0.2) is 4.98 Å². The summed E-state index contributed by atoms with van der Waals surface area (Å²) in [5.41, 5.74) is 2.74. The van der Waals surface area contributed by atoms with E-state index in [0.29, 0.717) is 0 Å². The summed E-state index contributed by atoms with van der Waals surface area (Å²) in [5, 5.41) is 0. The van der Waals surface area contributed by atoms with Gasteiger partial charge in [0.25, 0.3) is 0 Å². The summed E-state index contributed by atoms with van der Waals surface area (Å²) in [7, 11) is 0.